The number of rotatable bonds is 50. The first-order valence-corrected chi connectivity index (χ1v) is 29.2. The molecule has 68 heavy (non-hydrogen) atoms. The van der Waals surface area contributed by atoms with Crippen LogP contribution in [0.25, 0.3) is 0 Å². The van der Waals surface area contributed by atoms with E-state index < -0.39 is 49.5 Å². The van der Waals surface area contributed by atoms with Crippen LogP contribution in [-0.2, 0) is 14.3 Å². The minimum atomic E-state index is -1.57. The zero-order valence-corrected chi connectivity index (χ0v) is 44.4. The van der Waals surface area contributed by atoms with E-state index in [1.807, 2.05) is 6.08 Å². The number of aliphatic hydroxyl groups excluding tert-OH is 5. The molecule has 1 amide bonds. The summed E-state index contributed by atoms with van der Waals surface area (Å²) in [6.45, 7) is 3.78. The van der Waals surface area contributed by atoms with Gasteiger partial charge in [-0.05, 0) is 51.4 Å². The van der Waals surface area contributed by atoms with Crippen LogP contribution in [-0.4, -0.2) is 87.5 Å². The smallest absolute Gasteiger partial charge is 0.220 e. The Morgan fingerprint density at radius 2 is 0.868 bits per heavy atom. The third-order valence-corrected chi connectivity index (χ3v) is 14.0. The number of aliphatic hydroxyl groups is 5. The SMILES string of the molecule is CCCCC/C=C\C/C=C\CCCCCCCCCCCC(=O)NC(COC1OC(CO)C(O)C(O)C1O)C(O)/C=C/CCCCCCCCCCCCCCCCCCCCCCCCCC. The lowest BCUT2D eigenvalue weighted by Crippen LogP contribution is -2.60. The van der Waals surface area contributed by atoms with Crippen molar-refractivity contribution in [2.24, 2.45) is 0 Å². The first kappa shape index (κ1) is 64.4. The van der Waals surface area contributed by atoms with Gasteiger partial charge in [-0.25, -0.2) is 0 Å². The van der Waals surface area contributed by atoms with Gasteiger partial charge in [0, 0.05) is 6.42 Å². The molecule has 9 heteroatoms. The first-order valence-electron chi connectivity index (χ1n) is 29.2. The number of amides is 1. The lowest BCUT2D eigenvalue weighted by Gasteiger charge is -2.40. The third-order valence-electron chi connectivity index (χ3n) is 14.0. The molecule has 0 aromatic heterocycles. The number of carbonyl (C=O) groups is 1. The number of ether oxygens (including phenoxy) is 2. The summed E-state index contributed by atoms with van der Waals surface area (Å²) in [6.07, 6.45) is 56.4. The molecule has 1 saturated heterocycles. The Bertz CT molecular complexity index is 1160. The van der Waals surface area contributed by atoms with Crippen LogP contribution in [0.5, 0.6) is 0 Å². The normalized spacial score (nSPS) is 19.8. The molecule has 0 aromatic rings. The van der Waals surface area contributed by atoms with Gasteiger partial charge in [-0.1, -0.05) is 256 Å². The first-order chi connectivity index (χ1) is 33.3. The van der Waals surface area contributed by atoms with Crippen LogP contribution in [0.1, 0.15) is 277 Å². The van der Waals surface area contributed by atoms with E-state index in [1.165, 1.54) is 212 Å². The maximum atomic E-state index is 13.0. The van der Waals surface area contributed by atoms with Gasteiger partial charge in [0.1, 0.15) is 24.4 Å². The van der Waals surface area contributed by atoms with Crippen molar-refractivity contribution in [2.45, 2.75) is 320 Å². The van der Waals surface area contributed by atoms with Gasteiger partial charge in [-0.15, -0.1) is 0 Å². The molecule has 1 rings (SSSR count). The Hall–Kier alpha value is -1.59. The molecule has 0 aromatic carbocycles. The lowest BCUT2D eigenvalue weighted by molar-refractivity contribution is -0.302. The predicted octanol–water partition coefficient (Wildman–Crippen LogP) is 14.4. The highest BCUT2D eigenvalue weighted by Gasteiger charge is 2.44. The minimum Gasteiger partial charge on any atom is -0.394 e. The molecule has 1 aliphatic rings. The zero-order valence-electron chi connectivity index (χ0n) is 44.4. The number of unbranched alkanes of at least 4 members (excludes halogenated alkanes) is 36. The van der Waals surface area contributed by atoms with Crippen molar-refractivity contribution in [1.29, 1.82) is 0 Å². The predicted molar refractivity (Wildman–Crippen MR) is 286 cm³/mol. The maximum Gasteiger partial charge on any atom is 0.220 e. The van der Waals surface area contributed by atoms with Crippen LogP contribution in [0, 0.1) is 0 Å². The fourth-order valence-corrected chi connectivity index (χ4v) is 9.31. The second-order valence-electron chi connectivity index (χ2n) is 20.4. The lowest BCUT2D eigenvalue weighted by atomic mass is 9.99. The summed E-state index contributed by atoms with van der Waals surface area (Å²) in [5, 5.41) is 54.5. The number of hydrogen-bond donors (Lipinski definition) is 6. The van der Waals surface area contributed by atoms with Crippen molar-refractivity contribution in [3.63, 3.8) is 0 Å². The van der Waals surface area contributed by atoms with Crippen molar-refractivity contribution >= 4 is 5.91 Å². The maximum absolute atomic E-state index is 13.0. The summed E-state index contributed by atoms with van der Waals surface area (Å²) < 4.78 is 11.3. The van der Waals surface area contributed by atoms with E-state index in [0.717, 1.165) is 44.9 Å². The van der Waals surface area contributed by atoms with Crippen molar-refractivity contribution in [1.82, 2.24) is 5.32 Å². The van der Waals surface area contributed by atoms with Gasteiger partial charge in [0.2, 0.25) is 5.91 Å². The third kappa shape index (κ3) is 38.1. The monoisotopic (exact) mass is 962 g/mol. The highest BCUT2D eigenvalue weighted by molar-refractivity contribution is 5.76. The van der Waals surface area contributed by atoms with E-state index >= 15 is 0 Å². The largest absolute Gasteiger partial charge is 0.394 e. The molecule has 0 bridgehead atoms. The average molecular weight is 963 g/mol. The number of hydrogen-bond acceptors (Lipinski definition) is 8. The van der Waals surface area contributed by atoms with Crippen molar-refractivity contribution in [2.75, 3.05) is 13.2 Å². The standard InChI is InChI=1S/C59H111NO8/c1-3-5-7-9-11-13-15-17-19-21-23-24-25-26-27-28-29-31-32-34-36-38-40-42-44-46-48-53(62)52(51-67-59-58(66)57(65)56(64)54(50-61)68-59)60-55(63)49-47-45-43-41-39-37-35-33-30-22-20-18-16-14-12-10-8-6-4-2/h12,14,18,20,46,48,52-54,56-59,61-62,64-66H,3-11,13,15-17,19,21-45,47,49-51H2,1-2H3,(H,60,63)/b14-12-,20-18-,48-46+. The quantitative estimate of drug-likeness (QED) is 0.0261. The molecule has 400 valence electrons. The van der Waals surface area contributed by atoms with Crippen LogP contribution in [0.3, 0.4) is 0 Å². The molecular formula is C59H111NO8. The highest BCUT2D eigenvalue weighted by Crippen LogP contribution is 2.23. The summed E-state index contributed by atoms with van der Waals surface area (Å²) in [7, 11) is 0. The Kier molecular flexibility index (Phi) is 46.4. The molecule has 0 spiro atoms. The molecule has 0 aliphatic carbocycles. The molecular weight excluding hydrogens is 851 g/mol. The van der Waals surface area contributed by atoms with Gasteiger partial charge in [-0.2, -0.15) is 0 Å². The molecule has 9 nitrogen and oxygen atoms in total. The second-order valence-corrected chi connectivity index (χ2v) is 20.4. The Morgan fingerprint density at radius 3 is 1.29 bits per heavy atom. The van der Waals surface area contributed by atoms with E-state index in [9.17, 15) is 30.3 Å². The fraction of sp³-hybridized carbons (Fsp3) is 0.881. The molecule has 7 atom stereocenters. The van der Waals surface area contributed by atoms with E-state index in [0.29, 0.717) is 6.42 Å². The summed E-state index contributed by atoms with van der Waals surface area (Å²) in [5.41, 5.74) is 0. The van der Waals surface area contributed by atoms with E-state index in [1.54, 1.807) is 6.08 Å². The summed E-state index contributed by atoms with van der Waals surface area (Å²) >= 11 is 0. The zero-order chi connectivity index (χ0) is 49.4. The molecule has 0 saturated carbocycles. The fourth-order valence-electron chi connectivity index (χ4n) is 9.31. The Labute approximate surface area is 419 Å². The molecule has 7 unspecified atom stereocenters. The summed E-state index contributed by atoms with van der Waals surface area (Å²) in [6, 6.07) is -0.807. The van der Waals surface area contributed by atoms with E-state index in [-0.39, 0.29) is 12.5 Å². The van der Waals surface area contributed by atoms with E-state index in [2.05, 4.69) is 43.5 Å². The number of allylic oxidation sites excluding steroid dienone is 5. The number of nitrogens with one attached hydrogen (secondary N) is 1. The molecule has 0 radical (unpaired) electrons. The van der Waals surface area contributed by atoms with Crippen LogP contribution < -0.4 is 5.32 Å². The van der Waals surface area contributed by atoms with Gasteiger partial charge in [0.25, 0.3) is 0 Å². The molecule has 6 N–H and O–H groups in total. The van der Waals surface area contributed by atoms with Gasteiger partial charge < -0.3 is 40.3 Å². The van der Waals surface area contributed by atoms with Crippen molar-refractivity contribution in [3.8, 4) is 0 Å². The van der Waals surface area contributed by atoms with Crippen molar-refractivity contribution in [3.05, 3.63) is 36.5 Å². The summed E-state index contributed by atoms with van der Waals surface area (Å²) in [5.74, 6) is -0.179. The van der Waals surface area contributed by atoms with Crippen molar-refractivity contribution < 1.29 is 39.8 Å². The van der Waals surface area contributed by atoms with Gasteiger partial charge >= 0.3 is 0 Å². The highest BCUT2D eigenvalue weighted by atomic mass is 16.7. The van der Waals surface area contributed by atoms with Gasteiger partial charge in [0.15, 0.2) is 6.29 Å². The van der Waals surface area contributed by atoms with Crippen LogP contribution in [0.15, 0.2) is 36.5 Å². The second kappa shape index (κ2) is 49.0. The Morgan fingerprint density at radius 1 is 0.500 bits per heavy atom. The topological polar surface area (TPSA) is 149 Å². The Balaban J connectivity index is 2.22. The van der Waals surface area contributed by atoms with Crippen LogP contribution in [0.2, 0.25) is 0 Å². The molecule has 1 heterocycles. The average Bonchev–Trinajstić information content (AvgIpc) is 3.34. The van der Waals surface area contributed by atoms with Crippen LogP contribution >= 0.6 is 0 Å². The number of carbonyl (C=O) groups excluding carboxylic acids is 1. The molecule has 1 fully saturated rings. The van der Waals surface area contributed by atoms with Crippen LogP contribution in [0.4, 0.5) is 0 Å². The van der Waals surface area contributed by atoms with E-state index in [4.69, 9.17) is 9.47 Å². The van der Waals surface area contributed by atoms with Gasteiger partial charge in [0.05, 0.1) is 25.4 Å². The molecule has 1 aliphatic heterocycles. The minimum absolute atomic E-state index is 0.179. The van der Waals surface area contributed by atoms with Gasteiger partial charge in [-0.3, -0.25) is 4.79 Å². The summed E-state index contributed by atoms with van der Waals surface area (Å²) in [4.78, 5) is 13.0.